The minimum absolute atomic E-state index is 0.0694. The predicted molar refractivity (Wildman–Crippen MR) is 75.2 cm³/mol. The van der Waals surface area contributed by atoms with Crippen molar-refractivity contribution in [2.75, 3.05) is 0 Å². The molecule has 0 saturated heterocycles. The molecule has 1 aromatic rings. The lowest BCUT2D eigenvalue weighted by Crippen LogP contribution is -2.38. The summed E-state index contributed by atoms with van der Waals surface area (Å²) in [6, 6.07) is 8.51. The molecule has 2 unspecified atom stereocenters. The molecule has 3 aliphatic rings. The van der Waals surface area contributed by atoms with E-state index in [-0.39, 0.29) is 11.6 Å². The Hall–Kier alpha value is -2.22. The smallest absolute Gasteiger partial charge is 0.130 e. The van der Waals surface area contributed by atoms with E-state index >= 15 is 0 Å². The van der Waals surface area contributed by atoms with Gasteiger partial charge in [-0.3, -0.25) is 9.98 Å². The van der Waals surface area contributed by atoms with Crippen LogP contribution in [0.3, 0.4) is 0 Å². The third-order valence-electron chi connectivity index (χ3n) is 3.81. The molecule has 2 aliphatic carbocycles. The van der Waals surface area contributed by atoms with Crippen LogP contribution >= 0.6 is 0 Å². The summed E-state index contributed by atoms with van der Waals surface area (Å²) in [7, 11) is 0. The predicted octanol–water partition coefficient (Wildman–Crippen LogP) is 3.14. The average molecular weight is 232 g/mol. The molecule has 18 heavy (non-hydrogen) atoms. The maximum Gasteiger partial charge on any atom is 0.130 e. The van der Waals surface area contributed by atoms with Crippen LogP contribution < -0.4 is 0 Å². The zero-order chi connectivity index (χ0) is 12.0. The van der Waals surface area contributed by atoms with E-state index in [9.17, 15) is 0 Å². The molecule has 2 atom stereocenters. The number of hydrogen-bond acceptors (Lipinski definition) is 2. The molecular weight excluding hydrogens is 220 g/mol. The van der Waals surface area contributed by atoms with Gasteiger partial charge in [0.25, 0.3) is 0 Å². The molecule has 0 radical (unpaired) electrons. The summed E-state index contributed by atoms with van der Waals surface area (Å²) in [5.74, 6) is 0. The quantitative estimate of drug-likeness (QED) is 0.656. The normalized spacial score (nSPS) is 30.4. The first-order valence-electron chi connectivity index (χ1n) is 6.14. The van der Waals surface area contributed by atoms with Crippen LogP contribution in [0.1, 0.15) is 17.2 Å². The van der Waals surface area contributed by atoms with Gasteiger partial charge in [0, 0.05) is 12.4 Å². The summed E-state index contributed by atoms with van der Waals surface area (Å²) in [5.41, 5.74) is 3.41. The number of aliphatic imine (C=N–C) groups is 2. The van der Waals surface area contributed by atoms with Gasteiger partial charge in [-0.05, 0) is 22.8 Å². The summed E-state index contributed by atoms with van der Waals surface area (Å²) in [4.78, 5) is 9.39. The monoisotopic (exact) mass is 232 g/mol. The van der Waals surface area contributed by atoms with Gasteiger partial charge in [0.15, 0.2) is 0 Å². The van der Waals surface area contributed by atoms with Crippen molar-refractivity contribution >= 4 is 18.5 Å². The highest BCUT2D eigenvalue weighted by atomic mass is 15.0. The molecule has 0 amide bonds. The Kier molecular flexibility index (Phi) is 1.84. The van der Waals surface area contributed by atoms with Crippen LogP contribution in [0.4, 0.5) is 0 Å². The Morgan fingerprint density at radius 2 is 2.00 bits per heavy atom. The number of benzene rings is 1. The van der Waals surface area contributed by atoms with Crippen LogP contribution in [0, 0.1) is 0 Å². The largest absolute Gasteiger partial charge is 0.280 e. The molecule has 1 spiro atoms. The van der Waals surface area contributed by atoms with Crippen LogP contribution in [0.25, 0.3) is 6.08 Å². The Morgan fingerprint density at radius 1 is 1.06 bits per heavy atom. The highest BCUT2D eigenvalue weighted by molar-refractivity contribution is 6.17. The molecule has 0 bridgehead atoms. The van der Waals surface area contributed by atoms with Crippen molar-refractivity contribution in [2.24, 2.45) is 9.98 Å². The Bertz CT molecular complexity index is 651. The first-order chi connectivity index (χ1) is 8.90. The molecule has 0 aromatic heterocycles. The van der Waals surface area contributed by atoms with Gasteiger partial charge in [0.1, 0.15) is 11.6 Å². The zero-order valence-electron chi connectivity index (χ0n) is 9.82. The summed E-state index contributed by atoms with van der Waals surface area (Å²) in [6.07, 6.45) is 14.3. The maximum absolute atomic E-state index is 4.72. The highest BCUT2D eigenvalue weighted by Gasteiger charge is 2.44. The molecule has 2 nitrogen and oxygen atoms in total. The van der Waals surface area contributed by atoms with Gasteiger partial charge in [-0.1, -0.05) is 48.6 Å². The summed E-state index contributed by atoms with van der Waals surface area (Å²) in [6.45, 7) is 0. The van der Waals surface area contributed by atoms with E-state index in [1.165, 1.54) is 16.7 Å². The fourth-order valence-corrected chi connectivity index (χ4v) is 2.96. The van der Waals surface area contributed by atoms with Crippen LogP contribution in [0.2, 0.25) is 0 Å². The zero-order valence-corrected chi connectivity index (χ0v) is 9.82. The van der Waals surface area contributed by atoms with Crippen LogP contribution in [0.15, 0.2) is 64.1 Å². The lowest BCUT2D eigenvalue weighted by Gasteiger charge is -2.40. The van der Waals surface area contributed by atoms with Crippen molar-refractivity contribution in [3.05, 3.63) is 65.3 Å². The van der Waals surface area contributed by atoms with E-state index in [0.29, 0.717) is 0 Å². The van der Waals surface area contributed by atoms with Gasteiger partial charge in [0.2, 0.25) is 0 Å². The van der Waals surface area contributed by atoms with E-state index in [4.69, 9.17) is 4.99 Å². The SMILES string of the molecule is C1=CC2=Cc3ccccc3C3N=CC=NC23C=C1. The minimum Gasteiger partial charge on any atom is -0.280 e. The Balaban J connectivity index is 2.04. The van der Waals surface area contributed by atoms with E-state index in [2.05, 4.69) is 59.6 Å². The molecule has 1 aromatic carbocycles. The highest BCUT2D eigenvalue weighted by Crippen LogP contribution is 2.48. The van der Waals surface area contributed by atoms with Crippen molar-refractivity contribution in [1.82, 2.24) is 0 Å². The number of fused-ring (bicyclic) bond motifs is 2. The van der Waals surface area contributed by atoms with Crippen LogP contribution in [-0.4, -0.2) is 18.0 Å². The molecule has 0 N–H and O–H groups in total. The minimum atomic E-state index is -0.322. The topological polar surface area (TPSA) is 24.7 Å². The number of rotatable bonds is 0. The van der Waals surface area contributed by atoms with Crippen LogP contribution in [-0.2, 0) is 0 Å². The van der Waals surface area contributed by atoms with Crippen molar-refractivity contribution in [1.29, 1.82) is 0 Å². The third kappa shape index (κ3) is 1.12. The van der Waals surface area contributed by atoms with Gasteiger partial charge in [0.05, 0.1) is 0 Å². The third-order valence-corrected chi connectivity index (χ3v) is 3.81. The maximum atomic E-state index is 4.72. The van der Waals surface area contributed by atoms with E-state index in [0.717, 1.165) is 0 Å². The summed E-state index contributed by atoms with van der Waals surface area (Å²) >= 11 is 0. The first-order valence-corrected chi connectivity index (χ1v) is 6.14. The van der Waals surface area contributed by atoms with Gasteiger partial charge >= 0.3 is 0 Å². The first kappa shape index (κ1) is 9.77. The van der Waals surface area contributed by atoms with Gasteiger partial charge in [-0.2, -0.15) is 0 Å². The number of hydrogen-bond donors (Lipinski definition) is 0. The summed E-state index contributed by atoms with van der Waals surface area (Å²) < 4.78 is 0. The van der Waals surface area contributed by atoms with Gasteiger partial charge in [-0.25, -0.2) is 0 Å². The van der Waals surface area contributed by atoms with Crippen molar-refractivity contribution in [3.8, 4) is 0 Å². The van der Waals surface area contributed by atoms with Gasteiger partial charge < -0.3 is 0 Å². The standard InChI is InChI=1S/C16H12N2/c1-2-7-14-12(5-1)11-13-6-3-4-8-16(13)15(14)17-9-10-18-16/h1-11,15H. The molecular formula is C16H12N2. The van der Waals surface area contributed by atoms with Gasteiger partial charge in [-0.15, -0.1) is 0 Å². The Labute approximate surface area is 106 Å². The fraction of sp³-hybridized carbons (Fsp3) is 0.125. The lowest BCUT2D eigenvalue weighted by atomic mass is 9.71. The number of nitrogens with zero attached hydrogens (tertiary/aromatic N) is 2. The molecule has 0 fully saturated rings. The van der Waals surface area contributed by atoms with E-state index < -0.39 is 0 Å². The molecule has 4 rings (SSSR count). The van der Waals surface area contributed by atoms with Crippen molar-refractivity contribution < 1.29 is 0 Å². The van der Waals surface area contributed by atoms with Crippen LogP contribution in [0.5, 0.6) is 0 Å². The second-order valence-corrected chi connectivity index (χ2v) is 4.75. The fourth-order valence-electron chi connectivity index (χ4n) is 2.96. The van der Waals surface area contributed by atoms with Crippen molar-refractivity contribution in [3.63, 3.8) is 0 Å². The number of allylic oxidation sites excluding steroid dienone is 2. The molecule has 2 heteroatoms. The Morgan fingerprint density at radius 3 is 3.00 bits per heavy atom. The molecule has 1 aliphatic heterocycles. The second kappa shape index (κ2) is 3.39. The van der Waals surface area contributed by atoms with E-state index in [1.807, 2.05) is 12.4 Å². The average Bonchev–Trinajstić information content (AvgIpc) is 2.44. The molecule has 86 valence electrons. The van der Waals surface area contributed by atoms with E-state index in [1.54, 1.807) is 0 Å². The summed E-state index contributed by atoms with van der Waals surface area (Å²) in [5, 5.41) is 0. The second-order valence-electron chi connectivity index (χ2n) is 4.75. The molecule has 1 heterocycles. The lowest BCUT2D eigenvalue weighted by molar-refractivity contribution is 0.502. The molecule has 0 saturated carbocycles. The van der Waals surface area contributed by atoms with Crippen molar-refractivity contribution in [2.45, 2.75) is 11.6 Å².